The smallest absolute Gasteiger partial charge is 0.0613 e. The van der Waals surface area contributed by atoms with Gasteiger partial charge in [-0.2, -0.15) is 0 Å². The highest BCUT2D eigenvalue weighted by molar-refractivity contribution is 4.81. The summed E-state index contributed by atoms with van der Waals surface area (Å²) < 4.78 is 5.73. The highest BCUT2D eigenvalue weighted by atomic mass is 16.5. The van der Waals surface area contributed by atoms with E-state index < -0.39 is 0 Å². The van der Waals surface area contributed by atoms with Gasteiger partial charge in [-0.25, -0.2) is 0 Å². The van der Waals surface area contributed by atoms with Crippen LogP contribution in [0.2, 0.25) is 0 Å². The number of hydrogen-bond donors (Lipinski definition) is 1. The minimum Gasteiger partial charge on any atom is -0.378 e. The summed E-state index contributed by atoms with van der Waals surface area (Å²) in [5.41, 5.74) is 5.91. The van der Waals surface area contributed by atoms with Gasteiger partial charge in [0.05, 0.1) is 6.10 Å². The van der Waals surface area contributed by atoms with Gasteiger partial charge in [-0.15, -0.1) is 0 Å². The van der Waals surface area contributed by atoms with Crippen LogP contribution in [0.4, 0.5) is 0 Å². The Labute approximate surface area is 93.0 Å². The Kier molecular flexibility index (Phi) is 4.00. The van der Waals surface area contributed by atoms with E-state index >= 15 is 0 Å². The molecule has 0 spiro atoms. The second-order valence-electron chi connectivity index (χ2n) is 5.00. The van der Waals surface area contributed by atoms with Gasteiger partial charge in [0.25, 0.3) is 0 Å². The van der Waals surface area contributed by atoms with Gasteiger partial charge in [0.2, 0.25) is 0 Å². The number of nitrogens with two attached hydrogens (primary N) is 1. The van der Waals surface area contributed by atoms with Crippen molar-refractivity contribution in [1.29, 1.82) is 0 Å². The second kappa shape index (κ2) is 5.28. The van der Waals surface area contributed by atoms with Gasteiger partial charge in [0.15, 0.2) is 0 Å². The zero-order valence-electron chi connectivity index (χ0n) is 9.82. The van der Waals surface area contributed by atoms with Crippen molar-refractivity contribution < 1.29 is 4.74 Å². The molecule has 0 aromatic heterocycles. The van der Waals surface area contributed by atoms with Crippen molar-refractivity contribution in [2.24, 2.45) is 11.7 Å². The Morgan fingerprint density at radius 1 is 1.27 bits per heavy atom. The number of piperidine rings is 1. The van der Waals surface area contributed by atoms with Crippen LogP contribution in [0.15, 0.2) is 0 Å². The van der Waals surface area contributed by atoms with E-state index in [9.17, 15) is 0 Å². The van der Waals surface area contributed by atoms with E-state index in [1.807, 2.05) is 0 Å². The van der Waals surface area contributed by atoms with E-state index in [0.29, 0.717) is 12.1 Å². The topological polar surface area (TPSA) is 38.5 Å². The maximum absolute atomic E-state index is 5.91. The molecule has 2 fully saturated rings. The molecule has 3 nitrogen and oxygen atoms in total. The predicted octanol–water partition coefficient (Wildman–Crippen LogP) is 1.22. The van der Waals surface area contributed by atoms with Crippen molar-refractivity contribution >= 4 is 0 Å². The number of likely N-dealkylation sites (tertiary alicyclic amines) is 1. The fourth-order valence-electron chi connectivity index (χ4n) is 2.82. The predicted molar refractivity (Wildman–Crippen MR) is 61.8 cm³/mol. The number of nitrogens with zero attached hydrogens (tertiary/aromatic N) is 1. The van der Waals surface area contributed by atoms with Crippen molar-refractivity contribution in [1.82, 2.24) is 4.90 Å². The lowest BCUT2D eigenvalue weighted by Gasteiger charge is -2.32. The summed E-state index contributed by atoms with van der Waals surface area (Å²) in [4.78, 5) is 2.57. The van der Waals surface area contributed by atoms with Gasteiger partial charge >= 0.3 is 0 Å². The molecule has 0 aromatic rings. The summed E-state index contributed by atoms with van der Waals surface area (Å²) in [7, 11) is 0. The molecule has 0 radical (unpaired) electrons. The molecule has 0 aromatic carbocycles. The zero-order valence-corrected chi connectivity index (χ0v) is 9.82. The summed E-state index contributed by atoms with van der Waals surface area (Å²) in [5, 5.41) is 0. The largest absolute Gasteiger partial charge is 0.378 e. The van der Waals surface area contributed by atoms with E-state index in [1.54, 1.807) is 0 Å². The van der Waals surface area contributed by atoms with Gasteiger partial charge < -0.3 is 15.4 Å². The minimum absolute atomic E-state index is 0.447. The molecule has 2 atom stereocenters. The van der Waals surface area contributed by atoms with E-state index in [0.717, 1.165) is 18.9 Å². The number of ether oxygens (including phenoxy) is 1. The molecular weight excluding hydrogens is 188 g/mol. The van der Waals surface area contributed by atoms with Crippen LogP contribution >= 0.6 is 0 Å². The highest BCUT2D eigenvalue weighted by Crippen LogP contribution is 2.25. The molecule has 2 heterocycles. The van der Waals surface area contributed by atoms with Gasteiger partial charge in [-0.1, -0.05) is 6.92 Å². The first kappa shape index (κ1) is 11.4. The van der Waals surface area contributed by atoms with Crippen LogP contribution in [0.1, 0.15) is 32.6 Å². The molecule has 2 unspecified atom stereocenters. The van der Waals surface area contributed by atoms with Crippen LogP contribution in [0.25, 0.3) is 0 Å². The van der Waals surface area contributed by atoms with Crippen molar-refractivity contribution in [3.63, 3.8) is 0 Å². The van der Waals surface area contributed by atoms with Crippen LogP contribution in [-0.4, -0.2) is 43.3 Å². The van der Waals surface area contributed by atoms with Gasteiger partial charge in [0, 0.05) is 19.2 Å². The first-order valence-electron chi connectivity index (χ1n) is 6.39. The van der Waals surface area contributed by atoms with Gasteiger partial charge in [-0.05, 0) is 44.7 Å². The molecule has 0 aliphatic carbocycles. The van der Waals surface area contributed by atoms with Gasteiger partial charge in [0.1, 0.15) is 0 Å². The fraction of sp³-hybridized carbons (Fsp3) is 1.00. The number of rotatable bonds is 3. The van der Waals surface area contributed by atoms with E-state index in [-0.39, 0.29) is 0 Å². The van der Waals surface area contributed by atoms with Crippen molar-refractivity contribution in [3.05, 3.63) is 0 Å². The SMILES string of the molecule is CCC1OCCC1CN1CCC(N)CC1. The standard InChI is InChI=1S/C12H24N2O/c1-2-12-10(5-8-15-12)9-14-6-3-11(13)4-7-14/h10-12H,2-9,13H2,1H3. The van der Waals surface area contributed by atoms with Crippen molar-refractivity contribution in [2.45, 2.75) is 44.8 Å². The number of hydrogen-bond acceptors (Lipinski definition) is 3. The maximum atomic E-state index is 5.91. The van der Waals surface area contributed by atoms with E-state index in [2.05, 4.69) is 11.8 Å². The second-order valence-corrected chi connectivity index (χ2v) is 5.00. The highest BCUT2D eigenvalue weighted by Gasteiger charge is 2.29. The fourth-order valence-corrected chi connectivity index (χ4v) is 2.82. The maximum Gasteiger partial charge on any atom is 0.0613 e. The van der Waals surface area contributed by atoms with Crippen LogP contribution in [0, 0.1) is 5.92 Å². The minimum atomic E-state index is 0.447. The third-order valence-electron chi connectivity index (χ3n) is 3.87. The van der Waals surface area contributed by atoms with Crippen LogP contribution < -0.4 is 5.73 Å². The zero-order chi connectivity index (χ0) is 10.7. The first-order valence-corrected chi connectivity index (χ1v) is 6.39. The summed E-state index contributed by atoms with van der Waals surface area (Å²) >= 11 is 0. The molecule has 88 valence electrons. The average molecular weight is 212 g/mol. The molecule has 3 heteroatoms. The molecule has 0 bridgehead atoms. The molecule has 2 aliphatic rings. The Balaban J connectivity index is 1.76. The molecule has 2 aliphatic heterocycles. The molecular formula is C12H24N2O. The molecule has 0 amide bonds. The van der Waals surface area contributed by atoms with E-state index in [4.69, 9.17) is 10.5 Å². The quantitative estimate of drug-likeness (QED) is 0.764. The van der Waals surface area contributed by atoms with Gasteiger partial charge in [-0.3, -0.25) is 0 Å². The van der Waals surface area contributed by atoms with Crippen LogP contribution in [-0.2, 0) is 4.74 Å². The average Bonchev–Trinajstić information content (AvgIpc) is 2.69. The lowest BCUT2D eigenvalue weighted by molar-refractivity contribution is 0.0716. The Hall–Kier alpha value is -0.120. The molecule has 0 saturated carbocycles. The normalized spacial score (nSPS) is 34.8. The van der Waals surface area contributed by atoms with Crippen molar-refractivity contribution in [2.75, 3.05) is 26.2 Å². The summed E-state index contributed by atoms with van der Waals surface area (Å²) in [6.45, 7) is 6.80. The van der Waals surface area contributed by atoms with Crippen LogP contribution in [0.5, 0.6) is 0 Å². The molecule has 15 heavy (non-hydrogen) atoms. The molecule has 2 rings (SSSR count). The van der Waals surface area contributed by atoms with E-state index in [1.165, 1.54) is 38.9 Å². The first-order chi connectivity index (χ1) is 7.29. The summed E-state index contributed by atoms with van der Waals surface area (Å²) in [6.07, 6.45) is 5.27. The Morgan fingerprint density at radius 2 is 2.00 bits per heavy atom. The summed E-state index contributed by atoms with van der Waals surface area (Å²) in [5.74, 6) is 0.768. The van der Waals surface area contributed by atoms with Crippen molar-refractivity contribution in [3.8, 4) is 0 Å². The summed E-state index contributed by atoms with van der Waals surface area (Å²) in [6, 6.07) is 0.447. The lowest BCUT2D eigenvalue weighted by atomic mass is 9.97. The lowest BCUT2D eigenvalue weighted by Crippen LogP contribution is -2.42. The van der Waals surface area contributed by atoms with Crippen LogP contribution in [0.3, 0.4) is 0 Å². The molecule has 2 saturated heterocycles. The molecule has 2 N–H and O–H groups in total. The third kappa shape index (κ3) is 2.92. The third-order valence-corrected chi connectivity index (χ3v) is 3.87. The Bertz CT molecular complexity index is 190. The monoisotopic (exact) mass is 212 g/mol. The Morgan fingerprint density at radius 3 is 2.67 bits per heavy atom.